The van der Waals surface area contributed by atoms with E-state index in [1.54, 1.807) is 0 Å². The van der Waals surface area contributed by atoms with E-state index < -0.39 is 16.8 Å². The molecule has 0 aliphatic heterocycles. The fourth-order valence-electron chi connectivity index (χ4n) is 1.75. The molecule has 0 bridgehead atoms. The highest BCUT2D eigenvalue weighted by Gasteiger charge is 2.38. The quantitative estimate of drug-likeness (QED) is 0.532. The zero-order valence-corrected chi connectivity index (χ0v) is 9.03. The van der Waals surface area contributed by atoms with Crippen LogP contribution in [-0.4, -0.2) is 16.8 Å². The van der Waals surface area contributed by atoms with Gasteiger partial charge in [0.15, 0.2) is 0 Å². The van der Waals surface area contributed by atoms with Crippen LogP contribution in [-0.2, 0) is 9.59 Å². The average molecular weight is 201 g/mol. The lowest BCUT2D eigenvalue weighted by Crippen LogP contribution is -2.52. The van der Waals surface area contributed by atoms with Crippen molar-refractivity contribution in [1.82, 2.24) is 0 Å². The molecule has 3 nitrogen and oxygen atoms in total. The third-order valence-corrected chi connectivity index (χ3v) is 3.10. The Labute approximate surface area is 80.6 Å². The first-order valence-corrected chi connectivity index (χ1v) is 5.16. The van der Waals surface area contributed by atoms with Crippen LogP contribution >= 0.6 is 9.24 Å². The largest absolute Gasteiger partial charge is 0.319 e. The van der Waals surface area contributed by atoms with Gasteiger partial charge in [-0.2, -0.15) is 0 Å². The fraction of sp³-hybridized carbons (Fsp3) is 0.778. The molecule has 1 unspecified atom stereocenters. The van der Waals surface area contributed by atoms with Gasteiger partial charge in [-0.3, -0.25) is 9.59 Å². The minimum absolute atomic E-state index is 0.426. The summed E-state index contributed by atoms with van der Waals surface area (Å²) in [4.78, 5) is 22.3. The molecule has 1 fully saturated rings. The summed E-state index contributed by atoms with van der Waals surface area (Å²) in [6.45, 7) is 2.15. The zero-order valence-electron chi connectivity index (χ0n) is 7.88. The summed E-state index contributed by atoms with van der Waals surface area (Å²) in [5.74, 6) is 0.202. The summed E-state index contributed by atoms with van der Waals surface area (Å²) in [7, 11) is 1.90. The van der Waals surface area contributed by atoms with Crippen molar-refractivity contribution in [3.05, 3.63) is 0 Å². The smallest absolute Gasteiger partial charge is 0.221 e. The Morgan fingerprint density at radius 3 is 2.23 bits per heavy atom. The Kier molecular flexibility index (Phi) is 3.20. The van der Waals surface area contributed by atoms with E-state index in [1.165, 1.54) is 0 Å². The number of hydrogen-bond acceptors (Lipinski definition) is 3. The van der Waals surface area contributed by atoms with E-state index in [-0.39, 0.29) is 0 Å². The van der Waals surface area contributed by atoms with Crippen LogP contribution in [0.25, 0.3) is 0 Å². The molecule has 1 saturated carbocycles. The predicted octanol–water partition coefficient (Wildman–Crippen LogP) is 0.865. The second-order valence-electron chi connectivity index (χ2n) is 4.03. The minimum atomic E-state index is -0.870. The zero-order chi connectivity index (χ0) is 10.1. The third kappa shape index (κ3) is 2.35. The molecule has 0 aromatic carbocycles. The van der Waals surface area contributed by atoms with Crippen molar-refractivity contribution in [2.24, 2.45) is 11.7 Å². The van der Waals surface area contributed by atoms with Crippen LogP contribution in [0.1, 0.15) is 32.6 Å². The summed E-state index contributed by atoms with van der Waals surface area (Å²) in [6.07, 6.45) is 3.18. The lowest BCUT2D eigenvalue weighted by Gasteiger charge is -2.33. The Morgan fingerprint density at radius 1 is 1.38 bits per heavy atom. The van der Waals surface area contributed by atoms with Gasteiger partial charge in [-0.25, -0.2) is 0 Å². The van der Waals surface area contributed by atoms with Gasteiger partial charge in [0.2, 0.25) is 11.3 Å². The van der Waals surface area contributed by atoms with Gasteiger partial charge in [-0.05, 0) is 31.6 Å². The molecule has 0 aromatic rings. The van der Waals surface area contributed by atoms with Gasteiger partial charge >= 0.3 is 0 Å². The molecule has 2 N–H and O–H groups in total. The lowest BCUT2D eigenvalue weighted by molar-refractivity contribution is -0.136. The van der Waals surface area contributed by atoms with E-state index in [0.29, 0.717) is 18.8 Å². The number of carbonyl (C=O) groups excluding carboxylic acids is 2. The number of Topliss-reactive ketones (excluding diaryl/α,β-unsaturated/α-hetero) is 1. The first kappa shape index (κ1) is 10.8. The maximum Gasteiger partial charge on any atom is 0.221 e. The van der Waals surface area contributed by atoms with Gasteiger partial charge in [0, 0.05) is 0 Å². The van der Waals surface area contributed by atoms with Crippen LogP contribution in [0.5, 0.6) is 0 Å². The van der Waals surface area contributed by atoms with Crippen molar-refractivity contribution >= 4 is 20.5 Å². The predicted molar refractivity (Wildman–Crippen MR) is 54.3 cm³/mol. The Morgan fingerprint density at radius 2 is 1.85 bits per heavy atom. The van der Waals surface area contributed by atoms with Crippen LogP contribution in [0.3, 0.4) is 0 Å². The van der Waals surface area contributed by atoms with Crippen LogP contribution in [0.4, 0.5) is 0 Å². The SMILES string of the molecule is CC1CCC(N)(C(=O)C(=O)P)CC1. The van der Waals surface area contributed by atoms with Crippen molar-refractivity contribution in [3.63, 3.8) is 0 Å². The minimum Gasteiger partial charge on any atom is -0.319 e. The van der Waals surface area contributed by atoms with Crippen LogP contribution < -0.4 is 5.73 Å². The molecule has 0 radical (unpaired) electrons. The summed E-state index contributed by atoms with van der Waals surface area (Å²) < 4.78 is 0. The molecule has 0 aromatic heterocycles. The average Bonchev–Trinajstić information content (AvgIpc) is 2.09. The Hall–Kier alpha value is -0.270. The Bertz CT molecular complexity index is 232. The topological polar surface area (TPSA) is 60.2 Å². The van der Waals surface area contributed by atoms with Gasteiger partial charge in [-0.1, -0.05) is 16.2 Å². The molecule has 1 aliphatic rings. The maximum absolute atomic E-state index is 11.4. The molecule has 1 rings (SSSR count). The molecule has 4 heteroatoms. The number of nitrogens with two attached hydrogens (primary N) is 1. The van der Waals surface area contributed by atoms with E-state index in [1.807, 2.05) is 9.24 Å². The highest BCUT2D eigenvalue weighted by Crippen LogP contribution is 2.31. The van der Waals surface area contributed by atoms with Gasteiger partial charge in [0.1, 0.15) is 0 Å². The standard InChI is InChI=1S/C9H16NO2P/c1-6-2-4-9(10,5-3-6)7(11)8(12)13/h6H,2-5,10,13H2,1H3. The molecule has 0 amide bonds. The van der Waals surface area contributed by atoms with Crippen molar-refractivity contribution in [1.29, 1.82) is 0 Å². The second kappa shape index (κ2) is 3.85. The summed E-state index contributed by atoms with van der Waals surface area (Å²) in [5.41, 5.74) is 4.52. The molecule has 74 valence electrons. The lowest BCUT2D eigenvalue weighted by atomic mass is 9.75. The number of hydrogen-bond donors (Lipinski definition) is 1. The van der Waals surface area contributed by atoms with Crippen molar-refractivity contribution in [3.8, 4) is 0 Å². The van der Waals surface area contributed by atoms with Crippen molar-refractivity contribution in [2.75, 3.05) is 0 Å². The van der Waals surface area contributed by atoms with Gasteiger partial charge in [-0.15, -0.1) is 0 Å². The maximum atomic E-state index is 11.4. The molecule has 0 saturated heterocycles. The summed E-state index contributed by atoms with van der Waals surface area (Å²) >= 11 is 0. The van der Waals surface area contributed by atoms with Gasteiger partial charge in [0.25, 0.3) is 0 Å². The van der Waals surface area contributed by atoms with Crippen LogP contribution in [0, 0.1) is 5.92 Å². The molecule has 0 heterocycles. The molecular formula is C9H16NO2P. The highest BCUT2D eigenvalue weighted by atomic mass is 31.0. The first-order valence-electron chi connectivity index (χ1n) is 4.59. The molecule has 1 atom stereocenters. The second-order valence-corrected chi connectivity index (χ2v) is 4.56. The van der Waals surface area contributed by atoms with Gasteiger partial charge < -0.3 is 5.73 Å². The van der Waals surface area contributed by atoms with E-state index in [2.05, 4.69) is 6.92 Å². The monoisotopic (exact) mass is 201 g/mol. The Balaban J connectivity index is 2.67. The first-order chi connectivity index (χ1) is 5.96. The van der Waals surface area contributed by atoms with E-state index in [9.17, 15) is 9.59 Å². The summed E-state index contributed by atoms with van der Waals surface area (Å²) in [5, 5.41) is 0. The normalized spacial score (nSPS) is 34.2. The van der Waals surface area contributed by atoms with Crippen LogP contribution in [0.15, 0.2) is 0 Å². The molecule has 1 aliphatic carbocycles. The van der Waals surface area contributed by atoms with E-state index in [4.69, 9.17) is 5.73 Å². The molecule has 0 spiro atoms. The highest BCUT2D eigenvalue weighted by molar-refractivity contribution is 7.45. The molecule has 13 heavy (non-hydrogen) atoms. The van der Waals surface area contributed by atoms with E-state index >= 15 is 0 Å². The van der Waals surface area contributed by atoms with Crippen LogP contribution in [0.2, 0.25) is 0 Å². The third-order valence-electron chi connectivity index (χ3n) is 2.84. The van der Waals surface area contributed by atoms with Crippen molar-refractivity contribution in [2.45, 2.75) is 38.1 Å². The molecular weight excluding hydrogens is 185 g/mol. The van der Waals surface area contributed by atoms with Crippen molar-refractivity contribution < 1.29 is 9.59 Å². The van der Waals surface area contributed by atoms with E-state index in [0.717, 1.165) is 12.8 Å². The number of rotatable bonds is 2. The number of ketones is 1. The summed E-state index contributed by atoms with van der Waals surface area (Å²) in [6, 6.07) is 0. The van der Waals surface area contributed by atoms with Gasteiger partial charge in [0.05, 0.1) is 5.54 Å². The fourth-order valence-corrected chi connectivity index (χ4v) is 2.04. The number of carbonyl (C=O) groups is 2.